The topological polar surface area (TPSA) is 109 Å². The fraction of sp³-hybridized carbons (Fsp3) is 0.474. The molecule has 0 radical (unpaired) electrons. The van der Waals surface area contributed by atoms with E-state index in [-0.39, 0.29) is 22.6 Å². The van der Waals surface area contributed by atoms with Crippen molar-refractivity contribution in [3.63, 3.8) is 0 Å². The zero-order valence-electron chi connectivity index (χ0n) is 16.2. The van der Waals surface area contributed by atoms with E-state index in [0.29, 0.717) is 22.7 Å². The predicted molar refractivity (Wildman–Crippen MR) is 110 cm³/mol. The van der Waals surface area contributed by atoms with E-state index < -0.39 is 20.2 Å². The normalized spacial score (nSPS) is 21.8. The number of hydrogen-bond acceptors (Lipinski definition) is 4. The van der Waals surface area contributed by atoms with Gasteiger partial charge in [-0.05, 0) is 37.3 Å². The molecule has 0 saturated carbocycles. The number of quaternary nitrogens is 1. The molecule has 1 aliphatic rings. The van der Waals surface area contributed by atoms with Crippen LogP contribution >= 0.6 is 0 Å². The van der Waals surface area contributed by atoms with Crippen LogP contribution in [0.4, 0.5) is 5.69 Å². The average Bonchev–Trinajstić information content (AvgIpc) is 2.77. The Morgan fingerprint density at radius 1 is 0.964 bits per heavy atom. The van der Waals surface area contributed by atoms with E-state index in [1.165, 1.54) is 6.07 Å². The molecule has 0 aromatic heterocycles. The molecule has 3 rings (SSSR count). The Morgan fingerprint density at radius 2 is 1.64 bits per heavy atom. The van der Waals surface area contributed by atoms with Gasteiger partial charge in [0.05, 0.1) is 25.9 Å². The SMILES string of the molecule is CC1C(CCCCS(=O)(=O)O)c2c(ccc3c(S(=O)(=O)O)cccc23)[N+]1(C)C. The number of nitrogens with zero attached hydrogens (tertiary/aromatic N) is 1. The average molecular weight is 429 g/mol. The van der Waals surface area contributed by atoms with Crippen LogP contribution in [0.15, 0.2) is 35.2 Å². The van der Waals surface area contributed by atoms with Crippen LogP contribution in [-0.4, -0.2) is 51.8 Å². The Kier molecular flexibility index (Phi) is 5.35. The molecule has 1 aliphatic heterocycles. The molecule has 154 valence electrons. The summed E-state index contributed by atoms with van der Waals surface area (Å²) >= 11 is 0. The summed E-state index contributed by atoms with van der Waals surface area (Å²) < 4.78 is 64.7. The van der Waals surface area contributed by atoms with Gasteiger partial charge in [-0.3, -0.25) is 13.6 Å². The Bertz CT molecular complexity index is 1120. The molecule has 7 nitrogen and oxygen atoms in total. The Morgan fingerprint density at radius 3 is 2.25 bits per heavy atom. The zero-order chi connectivity index (χ0) is 20.9. The summed E-state index contributed by atoms with van der Waals surface area (Å²) in [7, 11) is -4.12. The third kappa shape index (κ3) is 3.81. The second kappa shape index (κ2) is 7.07. The monoisotopic (exact) mass is 428 g/mol. The molecular weight excluding hydrogens is 402 g/mol. The summed E-state index contributed by atoms with van der Waals surface area (Å²) in [6.45, 7) is 2.13. The smallest absolute Gasteiger partial charge is 0.293 e. The molecule has 2 aromatic rings. The number of benzene rings is 2. The quantitative estimate of drug-likeness (QED) is 0.415. The molecule has 0 fully saturated rings. The number of likely N-dealkylation sites (N-methyl/N-ethyl adjacent to an activating group) is 1. The van der Waals surface area contributed by atoms with E-state index >= 15 is 0 Å². The van der Waals surface area contributed by atoms with Gasteiger partial charge in [-0.1, -0.05) is 18.6 Å². The minimum absolute atomic E-state index is 0.103. The van der Waals surface area contributed by atoms with Crippen molar-refractivity contribution in [2.45, 2.75) is 43.0 Å². The van der Waals surface area contributed by atoms with E-state index in [1.807, 2.05) is 12.1 Å². The van der Waals surface area contributed by atoms with E-state index in [0.717, 1.165) is 23.1 Å². The highest BCUT2D eigenvalue weighted by Crippen LogP contribution is 2.50. The highest BCUT2D eigenvalue weighted by Gasteiger charge is 2.45. The number of unbranched alkanes of at least 4 members (excludes halogenated alkanes) is 1. The van der Waals surface area contributed by atoms with Crippen molar-refractivity contribution in [3.05, 3.63) is 35.9 Å². The van der Waals surface area contributed by atoms with Crippen LogP contribution in [0.3, 0.4) is 0 Å². The van der Waals surface area contributed by atoms with Gasteiger partial charge >= 0.3 is 0 Å². The van der Waals surface area contributed by atoms with Gasteiger partial charge in [0.1, 0.15) is 10.6 Å². The Balaban J connectivity index is 2.08. The largest absolute Gasteiger partial charge is 0.295 e. The lowest BCUT2D eigenvalue weighted by atomic mass is 9.87. The maximum absolute atomic E-state index is 11.8. The standard InChI is InChI=1S/C19H25NO6S2/c1-13-14(7-4-5-12-27(21,22)23)19-16-8-6-9-18(28(24,25)26)15(16)10-11-17(19)20(13,2)3/h6,8-11,13-14H,4-5,7,12H2,1-3H3,(H-,21,22,23,24,25,26)/p+1. The summed E-state index contributed by atoms with van der Waals surface area (Å²) in [6.07, 6.45) is 1.72. The molecule has 0 bridgehead atoms. The van der Waals surface area contributed by atoms with Crippen LogP contribution in [0.1, 0.15) is 37.7 Å². The fourth-order valence-corrected chi connectivity index (χ4v) is 5.68. The van der Waals surface area contributed by atoms with Gasteiger partial charge in [0.25, 0.3) is 20.2 Å². The molecule has 2 N–H and O–H groups in total. The third-order valence-corrected chi connectivity index (χ3v) is 7.79. The van der Waals surface area contributed by atoms with Gasteiger partial charge in [0, 0.05) is 22.9 Å². The van der Waals surface area contributed by atoms with Crippen LogP contribution < -0.4 is 4.48 Å². The molecule has 2 atom stereocenters. The Labute approximate surface area is 166 Å². The minimum Gasteiger partial charge on any atom is -0.293 e. The summed E-state index contributed by atoms with van der Waals surface area (Å²) in [5.41, 5.74) is 2.14. The molecule has 9 heteroatoms. The summed E-state index contributed by atoms with van der Waals surface area (Å²) in [5, 5.41) is 1.28. The second-order valence-electron chi connectivity index (χ2n) is 7.99. The lowest BCUT2D eigenvalue weighted by Gasteiger charge is -2.31. The fourth-order valence-electron chi connectivity index (χ4n) is 4.40. The second-order valence-corrected chi connectivity index (χ2v) is 11.0. The van der Waals surface area contributed by atoms with E-state index in [9.17, 15) is 21.4 Å². The first kappa shape index (κ1) is 21.2. The molecule has 2 aromatic carbocycles. The molecule has 1 heterocycles. The highest BCUT2D eigenvalue weighted by atomic mass is 32.2. The van der Waals surface area contributed by atoms with Crippen molar-refractivity contribution >= 4 is 36.7 Å². The van der Waals surface area contributed by atoms with Crippen LogP contribution in [0.25, 0.3) is 10.8 Å². The number of rotatable bonds is 6. The van der Waals surface area contributed by atoms with Crippen molar-refractivity contribution in [1.82, 2.24) is 4.48 Å². The van der Waals surface area contributed by atoms with E-state index in [2.05, 4.69) is 21.0 Å². The third-order valence-electron chi connectivity index (χ3n) is 6.08. The summed E-state index contributed by atoms with van der Waals surface area (Å²) in [6, 6.07) is 8.76. The van der Waals surface area contributed by atoms with Gasteiger partial charge in [-0.15, -0.1) is 0 Å². The van der Waals surface area contributed by atoms with Crippen molar-refractivity contribution in [2.24, 2.45) is 0 Å². The van der Waals surface area contributed by atoms with E-state index in [4.69, 9.17) is 4.55 Å². The van der Waals surface area contributed by atoms with Crippen LogP contribution in [-0.2, 0) is 20.2 Å². The summed E-state index contributed by atoms with van der Waals surface area (Å²) in [4.78, 5) is -0.109. The van der Waals surface area contributed by atoms with E-state index in [1.54, 1.807) is 12.1 Å². The van der Waals surface area contributed by atoms with Gasteiger partial charge < -0.3 is 0 Å². The van der Waals surface area contributed by atoms with Crippen LogP contribution in [0, 0.1) is 0 Å². The number of hydrogen-bond donors (Lipinski definition) is 2. The van der Waals surface area contributed by atoms with Crippen molar-refractivity contribution < 1.29 is 25.9 Å². The zero-order valence-corrected chi connectivity index (χ0v) is 17.8. The van der Waals surface area contributed by atoms with Crippen molar-refractivity contribution in [3.8, 4) is 0 Å². The molecule has 0 amide bonds. The molecule has 0 saturated heterocycles. The van der Waals surface area contributed by atoms with Gasteiger partial charge in [-0.25, -0.2) is 0 Å². The minimum atomic E-state index is -4.34. The lowest BCUT2D eigenvalue weighted by Crippen LogP contribution is -2.46. The molecule has 0 aliphatic carbocycles. The van der Waals surface area contributed by atoms with Gasteiger partial charge in [-0.2, -0.15) is 16.8 Å². The lowest BCUT2D eigenvalue weighted by molar-refractivity contribution is 0.295. The van der Waals surface area contributed by atoms with Crippen molar-refractivity contribution in [1.29, 1.82) is 0 Å². The highest BCUT2D eigenvalue weighted by molar-refractivity contribution is 7.86. The summed E-state index contributed by atoms with van der Waals surface area (Å²) in [5.74, 6) is -0.159. The predicted octanol–water partition coefficient (Wildman–Crippen LogP) is 3.20. The molecular formula is C19H26NO6S2+. The maximum atomic E-state index is 11.8. The van der Waals surface area contributed by atoms with Crippen molar-refractivity contribution in [2.75, 3.05) is 19.8 Å². The molecule has 28 heavy (non-hydrogen) atoms. The molecule has 0 spiro atoms. The van der Waals surface area contributed by atoms with Gasteiger partial charge in [0.15, 0.2) is 0 Å². The van der Waals surface area contributed by atoms with Crippen LogP contribution in [0.2, 0.25) is 0 Å². The first-order chi connectivity index (χ1) is 12.8. The first-order valence-electron chi connectivity index (χ1n) is 9.16. The first-order valence-corrected chi connectivity index (χ1v) is 12.2. The molecule has 2 unspecified atom stereocenters. The number of fused-ring (bicyclic) bond motifs is 3. The van der Waals surface area contributed by atoms with Gasteiger partial charge in [0.2, 0.25) is 0 Å². The van der Waals surface area contributed by atoms with Crippen LogP contribution in [0.5, 0.6) is 0 Å². The maximum Gasteiger partial charge on any atom is 0.295 e. The Hall–Kier alpha value is -1.52.